The summed E-state index contributed by atoms with van der Waals surface area (Å²) in [6, 6.07) is 0.416. The van der Waals surface area contributed by atoms with E-state index in [4.69, 9.17) is 9.84 Å². The lowest BCUT2D eigenvalue weighted by Gasteiger charge is -2.37. The molecule has 2 unspecified atom stereocenters. The van der Waals surface area contributed by atoms with E-state index in [1.54, 1.807) is 6.08 Å². The lowest BCUT2D eigenvalue weighted by Crippen LogP contribution is -2.48. The molecule has 0 aromatic carbocycles. The van der Waals surface area contributed by atoms with E-state index in [-0.39, 0.29) is 6.10 Å². The minimum Gasteiger partial charge on any atom is -0.478 e. The molecule has 86 valence electrons. The Morgan fingerprint density at radius 2 is 2.40 bits per heavy atom. The van der Waals surface area contributed by atoms with E-state index in [0.717, 1.165) is 19.6 Å². The fraction of sp³-hybridized carbons (Fsp3) is 0.727. The van der Waals surface area contributed by atoms with Gasteiger partial charge in [-0.05, 0) is 13.3 Å². The molecule has 1 saturated heterocycles. The first kappa shape index (κ1) is 12.2. The number of morpholine rings is 1. The zero-order valence-electron chi connectivity index (χ0n) is 9.35. The summed E-state index contributed by atoms with van der Waals surface area (Å²) in [5.41, 5.74) is 0. The Morgan fingerprint density at radius 3 is 3.00 bits per heavy atom. The third kappa shape index (κ3) is 4.01. The van der Waals surface area contributed by atoms with Crippen molar-refractivity contribution in [2.75, 3.05) is 19.7 Å². The monoisotopic (exact) mass is 213 g/mol. The molecule has 0 spiro atoms. The Labute approximate surface area is 90.5 Å². The zero-order chi connectivity index (χ0) is 11.3. The van der Waals surface area contributed by atoms with Crippen molar-refractivity contribution in [3.8, 4) is 0 Å². The third-order valence-electron chi connectivity index (χ3n) is 2.65. The smallest absolute Gasteiger partial charge is 0.328 e. The Morgan fingerprint density at radius 1 is 1.67 bits per heavy atom. The van der Waals surface area contributed by atoms with E-state index in [2.05, 4.69) is 11.8 Å². The highest BCUT2D eigenvalue weighted by molar-refractivity contribution is 5.79. The van der Waals surface area contributed by atoms with Gasteiger partial charge >= 0.3 is 5.97 Å². The fourth-order valence-corrected chi connectivity index (χ4v) is 1.80. The molecule has 0 aromatic heterocycles. The standard InChI is InChI=1S/C11H19NO3/c1-3-10-8-15-9(2)7-12(10)6-4-5-11(13)14/h4-5,9-10H,3,6-8H2,1-2H3,(H,13,14)/b5-4+. The number of carboxylic acids is 1. The predicted octanol–water partition coefficient (Wildman–Crippen LogP) is 1.13. The highest BCUT2D eigenvalue weighted by Crippen LogP contribution is 2.13. The molecule has 1 rings (SSSR count). The van der Waals surface area contributed by atoms with E-state index in [0.29, 0.717) is 12.6 Å². The fourth-order valence-electron chi connectivity index (χ4n) is 1.80. The van der Waals surface area contributed by atoms with Crippen LogP contribution in [0.5, 0.6) is 0 Å². The van der Waals surface area contributed by atoms with Gasteiger partial charge in [0.05, 0.1) is 12.7 Å². The Balaban J connectivity index is 2.45. The molecule has 0 radical (unpaired) electrons. The Hall–Kier alpha value is -0.870. The molecule has 0 saturated carbocycles. The lowest BCUT2D eigenvalue weighted by molar-refractivity contribution is -0.131. The van der Waals surface area contributed by atoms with Crippen molar-refractivity contribution < 1.29 is 14.6 Å². The molecule has 15 heavy (non-hydrogen) atoms. The van der Waals surface area contributed by atoms with Gasteiger partial charge < -0.3 is 9.84 Å². The molecule has 1 aliphatic rings. The van der Waals surface area contributed by atoms with Gasteiger partial charge in [-0.25, -0.2) is 4.79 Å². The van der Waals surface area contributed by atoms with Crippen LogP contribution in [0.2, 0.25) is 0 Å². The van der Waals surface area contributed by atoms with Gasteiger partial charge in [-0.3, -0.25) is 4.90 Å². The van der Waals surface area contributed by atoms with E-state index >= 15 is 0 Å². The summed E-state index contributed by atoms with van der Waals surface area (Å²) in [6.07, 6.45) is 4.18. The summed E-state index contributed by atoms with van der Waals surface area (Å²) >= 11 is 0. The Bertz CT molecular complexity index is 240. The van der Waals surface area contributed by atoms with Crippen LogP contribution in [0.4, 0.5) is 0 Å². The van der Waals surface area contributed by atoms with Gasteiger partial charge in [-0.2, -0.15) is 0 Å². The first-order valence-electron chi connectivity index (χ1n) is 5.38. The van der Waals surface area contributed by atoms with Gasteiger partial charge in [-0.1, -0.05) is 13.0 Å². The molecule has 4 nitrogen and oxygen atoms in total. The molecular formula is C11H19NO3. The van der Waals surface area contributed by atoms with Crippen molar-refractivity contribution in [1.82, 2.24) is 4.90 Å². The first-order chi connectivity index (χ1) is 7.13. The van der Waals surface area contributed by atoms with Crippen LogP contribution in [-0.4, -0.2) is 47.8 Å². The van der Waals surface area contributed by atoms with Gasteiger partial charge in [0.2, 0.25) is 0 Å². The molecule has 0 aliphatic carbocycles. The lowest BCUT2D eigenvalue weighted by atomic mass is 10.1. The molecule has 1 fully saturated rings. The van der Waals surface area contributed by atoms with Crippen molar-refractivity contribution in [3.05, 3.63) is 12.2 Å². The number of hydrogen-bond donors (Lipinski definition) is 1. The summed E-state index contributed by atoms with van der Waals surface area (Å²) in [5, 5.41) is 8.49. The van der Waals surface area contributed by atoms with Crippen LogP contribution in [-0.2, 0) is 9.53 Å². The van der Waals surface area contributed by atoms with E-state index in [1.807, 2.05) is 6.92 Å². The maximum atomic E-state index is 10.3. The van der Waals surface area contributed by atoms with Crippen molar-refractivity contribution in [2.45, 2.75) is 32.4 Å². The van der Waals surface area contributed by atoms with E-state index < -0.39 is 5.97 Å². The quantitative estimate of drug-likeness (QED) is 0.711. The molecule has 1 aliphatic heterocycles. The van der Waals surface area contributed by atoms with Crippen LogP contribution < -0.4 is 0 Å². The number of hydrogen-bond acceptors (Lipinski definition) is 3. The molecule has 0 aromatic rings. The second kappa shape index (κ2) is 5.88. The summed E-state index contributed by atoms with van der Waals surface area (Å²) in [4.78, 5) is 12.6. The van der Waals surface area contributed by atoms with Crippen LogP contribution in [0.3, 0.4) is 0 Å². The summed E-state index contributed by atoms with van der Waals surface area (Å²) in [7, 11) is 0. The van der Waals surface area contributed by atoms with Crippen LogP contribution >= 0.6 is 0 Å². The number of carbonyl (C=O) groups is 1. The van der Waals surface area contributed by atoms with Crippen molar-refractivity contribution >= 4 is 5.97 Å². The van der Waals surface area contributed by atoms with Gasteiger partial charge in [0, 0.05) is 25.2 Å². The zero-order valence-corrected chi connectivity index (χ0v) is 9.35. The average molecular weight is 213 g/mol. The SMILES string of the molecule is CCC1COC(C)CN1C/C=C/C(=O)O. The van der Waals surface area contributed by atoms with E-state index in [9.17, 15) is 4.79 Å². The largest absolute Gasteiger partial charge is 0.478 e. The van der Waals surface area contributed by atoms with Crippen LogP contribution in [0.1, 0.15) is 20.3 Å². The van der Waals surface area contributed by atoms with Crippen LogP contribution in [0.15, 0.2) is 12.2 Å². The highest BCUT2D eigenvalue weighted by Gasteiger charge is 2.24. The average Bonchev–Trinajstić information content (AvgIpc) is 2.17. The maximum Gasteiger partial charge on any atom is 0.328 e. The minimum atomic E-state index is -0.885. The van der Waals surface area contributed by atoms with Crippen molar-refractivity contribution in [2.24, 2.45) is 0 Å². The minimum absolute atomic E-state index is 0.242. The van der Waals surface area contributed by atoms with Gasteiger partial charge in [0.1, 0.15) is 0 Å². The van der Waals surface area contributed by atoms with Crippen LogP contribution in [0, 0.1) is 0 Å². The molecule has 0 amide bonds. The van der Waals surface area contributed by atoms with Gasteiger partial charge in [0.15, 0.2) is 0 Å². The highest BCUT2D eigenvalue weighted by atomic mass is 16.5. The molecule has 1 N–H and O–H groups in total. The third-order valence-corrected chi connectivity index (χ3v) is 2.65. The normalized spacial score (nSPS) is 28.4. The number of nitrogens with zero attached hydrogens (tertiary/aromatic N) is 1. The topological polar surface area (TPSA) is 49.8 Å². The second-order valence-electron chi connectivity index (χ2n) is 3.90. The Kier molecular flexibility index (Phi) is 4.78. The van der Waals surface area contributed by atoms with E-state index in [1.165, 1.54) is 6.08 Å². The maximum absolute atomic E-state index is 10.3. The molecule has 4 heteroatoms. The molecule has 2 atom stereocenters. The molecule has 1 heterocycles. The van der Waals surface area contributed by atoms with Crippen LogP contribution in [0.25, 0.3) is 0 Å². The summed E-state index contributed by atoms with van der Waals surface area (Å²) < 4.78 is 5.56. The second-order valence-corrected chi connectivity index (χ2v) is 3.90. The first-order valence-corrected chi connectivity index (χ1v) is 5.38. The summed E-state index contributed by atoms with van der Waals surface area (Å²) in [5.74, 6) is -0.885. The van der Waals surface area contributed by atoms with Gasteiger partial charge in [-0.15, -0.1) is 0 Å². The van der Waals surface area contributed by atoms with Crippen molar-refractivity contribution in [3.63, 3.8) is 0 Å². The number of carboxylic acid groups (broad SMARTS) is 1. The number of aliphatic carboxylic acids is 1. The molecular weight excluding hydrogens is 194 g/mol. The predicted molar refractivity (Wildman–Crippen MR) is 57.8 cm³/mol. The molecule has 0 bridgehead atoms. The number of rotatable bonds is 4. The van der Waals surface area contributed by atoms with Gasteiger partial charge in [0.25, 0.3) is 0 Å². The van der Waals surface area contributed by atoms with Crippen molar-refractivity contribution in [1.29, 1.82) is 0 Å². The number of ether oxygens (including phenoxy) is 1. The summed E-state index contributed by atoms with van der Waals surface area (Å²) in [6.45, 7) is 6.48.